The molecule has 110 valence electrons. The second kappa shape index (κ2) is 5.25. The number of para-hydroxylation sites is 1. The van der Waals surface area contributed by atoms with Crippen molar-refractivity contribution in [2.75, 3.05) is 5.32 Å². The molecule has 1 fully saturated rings. The van der Waals surface area contributed by atoms with Crippen LogP contribution in [0.15, 0.2) is 22.7 Å². The Hall–Kier alpha value is -0.700. The van der Waals surface area contributed by atoms with E-state index >= 15 is 0 Å². The number of hydrogen-bond acceptors (Lipinski definition) is 2. The normalized spacial score (nSPS) is 28.9. The number of fused-ring (bicyclic) bond motifs is 2. The number of hydrogen-bond donors (Lipinski definition) is 1. The molecular weight excluding hydrogens is 314 g/mol. The molecule has 0 spiro atoms. The van der Waals surface area contributed by atoms with Crippen LogP contribution in [0.1, 0.15) is 46.5 Å². The van der Waals surface area contributed by atoms with Gasteiger partial charge in [-0.3, -0.25) is 0 Å². The molecule has 1 aliphatic heterocycles. The molecule has 3 atom stereocenters. The third-order valence-corrected chi connectivity index (χ3v) is 6.00. The number of ether oxygens (including phenoxy) is 1. The smallest absolute Gasteiger partial charge is 0.157 e. The van der Waals surface area contributed by atoms with Crippen molar-refractivity contribution in [2.24, 2.45) is 11.3 Å². The summed E-state index contributed by atoms with van der Waals surface area (Å²) in [6.45, 7) is 7.13. The van der Waals surface area contributed by atoms with Crippen molar-refractivity contribution < 1.29 is 4.74 Å². The van der Waals surface area contributed by atoms with Crippen LogP contribution in [-0.4, -0.2) is 12.1 Å². The zero-order valence-corrected chi connectivity index (χ0v) is 14.2. The van der Waals surface area contributed by atoms with E-state index in [1.54, 1.807) is 0 Å². The molecule has 1 heterocycles. The molecule has 2 nitrogen and oxygen atoms in total. The molecule has 2 aliphatic rings. The highest BCUT2D eigenvalue weighted by atomic mass is 79.9. The minimum absolute atomic E-state index is 0.324. The summed E-state index contributed by atoms with van der Waals surface area (Å²) >= 11 is 3.59. The predicted octanol–water partition coefficient (Wildman–Crippen LogP) is 5.23. The lowest BCUT2D eigenvalue weighted by molar-refractivity contribution is 0.0608. The van der Waals surface area contributed by atoms with Gasteiger partial charge in [0.25, 0.3) is 0 Å². The molecule has 3 unspecified atom stereocenters. The number of anilines is 1. The van der Waals surface area contributed by atoms with Gasteiger partial charge in [0.05, 0.1) is 16.2 Å². The maximum Gasteiger partial charge on any atom is 0.157 e. The fourth-order valence-electron chi connectivity index (χ4n) is 3.53. The van der Waals surface area contributed by atoms with Crippen molar-refractivity contribution in [2.45, 2.75) is 58.6 Å². The molecule has 0 radical (unpaired) electrons. The topological polar surface area (TPSA) is 21.3 Å². The highest BCUT2D eigenvalue weighted by Crippen LogP contribution is 2.46. The molecule has 0 saturated heterocycles. The standard InChI is InChI=1S/C17H24BrNO/c1-4-17(2,3)11-8-9-15-14(10-11)19-13-7-5-6-12(18)16(13)20-15/h5-7,11,14-15,19H,4,8-10H2,1-3H3. The molecule has 0 aromatic heterocycles. The Kier molecular flexibility index (Phi) is 3.74. The van der Waals surface area contributed by atoms with E-state index in [0.29, 0.717) is 17.6 Å². The highest BCUT2D eigenvalue weighted by Gasteiger charge is 2.40. The van der Waals surface area contributed by atoms with Crippen molar-refractivity contribution >= 4 is 21.6 Å². The van der Waals surface area contributed by atoms with Crippen LogP contribution in [0.4, 0.5) is 5.69 Å². The van der Waals surface area contributed by atoms with Crippen LogP contribution in [-0.2, 0) is 0 Å². The molecular formula is C17H24BrNO. The van der Waals surface area contributed by atoms with E-state index in [2.05, 4.69) is 54.2 Å². The molecule has 1 saturated carbocycles. The predicted molar refractivity (Wildman–Crippen MR) is 87.4 cm³/mol. The summed E-state index contributed by atoms with van der Waals surface area (Å²) in [5.41, 5.74) is 1.57. The van der Waals surface area contributed by atoms with Crippen LogP contribution in [0, 0.1) is 11.3 Å². The van der Waals surface area contributed by atoms with Crippen LogP contribution < -0.4 is 10.1 Å². The molecule has 0 amide bonds. The second-order valence-electron chi connectivity index (χ2n) is 6.88. The molecule has 1 N–H and O–H groups in total. The van der Waals surface area contributed by atoms with Gasteiger partial charge in [-0.2, -0.15) is 0 Å². The van der Waals surface area contributed by atoms with Crippen LogP contribution in [0.5, 0.6) is 5.75 Å². The van der Waals surface area contributed by atoms with Crippen molar-refractivity contribution in [3.63, 3.8) is 0 Å². The van der Waals surface area contributed by atoms with E-state index in [-0.39, 0.29) is 0 Å². The molecule has 20 heavy (non-hydrogen) atoms. The van der Waals surface area contributed by atoms with Crippen LogP contribution in [0.2, 0.25) is 0 Å². The van der Waals surface area contributed by atoms with Gasteiger partial charge >= 0.3 is 0 Å². The first kappa shape index (κ1) is 14.2. The summed E-state index contributed by atoms with van der Waals surface area (Å²) in [5, 5.41) is 3.71. The molecule has 3 heteroatoms. The van der Waals surface area contributed by atoms with Gasteiger partial charge in [-0.15, -0.1) is 0 Å². The van der Waals surface area contributed by atoms with Gasteiger partial charge in [0, 0.05) is 0 Å². The zero-order valence-electron chi connectivity index (χ0n) is 12.6. The van der Waals surface area contributed by atoms with E-state index < -0.39 is 0 Å². The first-order valence-electron chi connectivity index (χ1n) is 7.73. The van der Waals surface area contributed by atoms with Crippen LogP contribution in [0.25, 0.3) is 0 Å². The minimum Gasteiger partial charge on any atom is -0.485 e. The molecule has 1 aromatic rings. The SMILES string of the molecule is CCC(C)(C)C1CCC2Oc3c(Br)cccc3NC2C1. The summed E-state index contributed by atoms with van der Waals surface area (Å²) in [7, 11) is 0. The third-order valence-electron chi connectivity index (χ3n) is 5.38. The second-order valence-corrected chi connectivity index (χ2v) is 7.73. The Bertz CT molecular complexity index is 500. The lowest BCUT2D eigenvalue weighted by Crippen LogP contribution is -2.48. The first-order chi connectivity index (χ1) is 9.51. The van der Waals surface area contributed by atoms with Crippen molar-refractivity contribution in [1.29, 1.82) is 0 Å². The van der Waals surface area contributed by atoms with Crippen molar-refractivity contribution in [1.82, 2.24) is 0 Å². The molecule has 3 rings (SSSR count). The molecule has 0 bridgehead atoms. The summed E-state index contributed by atoms with van der Waals surface area (Å²) in [5.74, 6) is 1.78. The lowest BCUT2D eigenvalue weighted by Gasteiger charge is -2.45. The fourth-order valence-corrected chi connectivity index (χ4v) is 3.99. The van der Waals surface area contributed by atoms with E-state index in [1.165, 1.54) is 19.3 Å². The van der Waals surface area contributed by atoms with Gasteiger partial charge < -0.3 is 10.1 Å². The third kappa shape index (κ3) is 2.45. The van der Waals surface area contributed by atoms with Crippen molar-refractivity contribution in [3.05, 3.63) is 22.7 Å². The average molecular weight is 338 g/mol. The minimum atomic E-state index is 0.324. The zero-order chi connectivity index (χ0) is 14.3. The van der Waals surface area contributed by atoms with E-state index in [9.17, 15) is 0 Å². The Morgan fingerprint density at radius 2 is 2.15 bits per heavy atom. The molecule has 1 aliphatic carbocycles. The van der Waals surface area contributed by atoms with Gasteiger partial charge in [-0.1, -0.05) is 33.3 Å². The number of benzene rings is 1. The maximum atomic E-state index is 6.25. The Balaban J connectivity index is 1.80. The van der Waals surface area contributed by atoms with Gasteiger partial charge in [0.2, 0.25) is 0 Å². The van der Waals surface area contributed by atoms with E-state index in [0.717, 1.165) is 28.2 Å². The molecule has 1 aromatic carbocycles. The number of rotatable bonds is 2. The first-order valence-corrected chi connectivity index (χ1v) is 8.52. The van der Waals surface area contributed by atoms with Gasteiger partial charge in [0.15, 0.2) is 5.75 Å². The Labute approximate surface area is 130 Å². The Morgan fingerprint density at radius 1 is 1.35 bits per heavy atom. The summed E-state index contributed by atoms with van der Waals surface area (Å²) < 4.78 is 7.30. The summed E-state index contributed by atoms with van der Waals surface area (Å²) in [6.07, 6.45) is 5.23. The lowest BCUT2D eigenvalue weighted by atomic mass is 9.67. The van der Waals surface area contributed by atoms with Crippen LogP contribution >= 0.6 is 15.9 Å². The van der Waals surface area contributed by atoms with Crippen LogP contribution in [0.3, 0.4) is 0 Å². The van der Waals surface area contributed by atoms with Crippen molar-refractivity contribution in [3.8, 4) is 5.75 Å². The van der Waals surface area contributed by atoms with Gasteiger partial charge in [0.1, 0.15) is 6.10 Å². The monoisotopic (exact) mass is 337 g/mol. The van der Waals surface area contributed by atoms with E-state index in [4.69, 9.17) is 4.74 Å². The quantitative estimate of drug-likeness (QED) is 0.797. The Morgan fingerprint density at radius 3 is 2.90 bits per heavy atom. The largest absolute Gasteiger partial charge is 0.485 e. The number of nitrogens with one attached hydrogen (secondary N) is 1. The fraction of sp³-hybridized carbons (Fsp3) is 0.647. The van der Waals surface area contributed by atoms with Gasteiger partial charge in [-0.05, 0) is 58.7 Å². The summed E-state index contributed by atoms with van der Waals surface area (Å²) in [6, 6.07) is 6.69. The highest BCUT2D eigenvalue weighted by molar-refractivity contribution is 9.10. The van der Waals surface area contributed by atoms with Gasteiger partial charge in [-0.25, -0.2) is 0 Å². The van der Waals surface area contributed by atoms with E-state index in [1.807, 2.05) is 6.07 Å². The average Bonchev–Trinajstić information content (AvgIpc) is 2.45. The summed E-state index contributed by atoms with van der Waals surface area (Å²) in [4.78, 5) is 0. The maximum absolute atomic E-state index is 6.25. The number of halogens is 1.